The lowest BCUT2D eigenvalue weighted by atomic mass is 9.98. The van der Waals surface area contributed by atoms with E-state index in [4.69, 9.17) is 5.11 Å². The zero-order valence-electron chi connectivity index (χ0n) is 9.42. The minimum absolute atomic E-state index is 0.0777. The summed E-state index contributed by atoms with van der Waals surface area (Å²) in [5.41, 5.74) is 4.84. The van der Waals surface area contributed by atoms with Gasteiger partial charge in [-0.1, -0.05) is 30.3 Å². The number of carbonyl (C=O) groups excluding carboxylic acids is 2. The minimum atomic E-state index is -1.22. The van der Waals surface area contributed by atoms with E-state index in [0.29, 0.717) is 12.0 Å². The quantitative estimate of drug-likeness (QED) is 0.415. The van der Waals surface area contributed by atoms with Crippen LogP contribution in [-0.4, -0.2) is 30.1 Å². The zero-order valence-corrected chi connectivity index (χ0v) is 9.42. The summed E-state index contributed by atoms with van der Waals surface area (Å²) in [5, 5.41) is 10.7. The Labute approximate surface area is 103 Å². The molecule has 7 heteroatoms. The van der Waals surface area contributed by atoms with Crippen LogP contribution in [0.2, 0.25) is 0 Å². The van der Waals surface area contributed by atoms with Crippen LogP contribution in [0.3, 0.4) is 0 Å². The van der Waals surface area contributed by atoms with Gasteiger partial charge in [0, 0.05) is 6.54 Å². The number of carboxylic acid groups (broad SMARTS) is 1. The average Bonchev–Trinajstić information content (AvgIpc) is 2.37. The van der Waals surface area contributed by atoms with Crippen molar-refractivity contribution in [2.75, 3.05) is 6.54 Å². The molecule has 18 heavy (non-hydrogen) atoms. The molecule has 0 aromatic heterocycles. The third-order valence-electron chi connectivity index (χ3n) is 2.23. The third-order valence-corrected chi connectivity index (χ3v) is 2.23. The highest BCUT2D eigenvalue weighted by Gasteiger charge is 2.20. The summed E-state index contributed by atoms with van der Waals surface area (Å²) < 4.78 is 0. The van der Waals surface area contributed by atoms with Crippen LogP contribution in [0.15, 0.2) is 30.3 Å². The van der Waals surface area contributed by atoms with Crippen molar-refractivity contribution in [3.05, 3.63) is 35.9 Å². The van der Waals surface area contributed by atoms with Crippen LogP contribution >= 0.6 is 0 Å². The van der Waals surface area contributed by atoms with Crippen molar-refractivity contribution in [2.24, 2.45) is 0 Å². The summed E-state index contributed by atoms with van der Waals surface area (Å²) in [6.45, 7) is -0.0777. The van der Waals surface area contributed by atoms with Gasteiger partial charge in [0.25, 0.3) is 0 Å². The molecule has 0 aliphatic heterocycles. The number of benzene rings is 1. The second kappa shape index (κ2) is 6.89. The van der Waals surface area contributed by atoms with Crippen molar-refractivity contribution in [3.8, 4) is 0 Å². The molecule has 96 valence electrons. The van der Waals surface area contributed by atoms with Crippen LogP contribution in [0.5, 0.6) is 0 Å². The first-order chi connectivity index (χ1) is 8.65. The highest BCUT2D eigenvalue weighted by atomic mass is 16.4. The normalized spacial score (nSPS) is 11.1. The third kappa shape index (κ3) is 4.12. The number of hydrogen-bond donors (Lipinski definition) is 4. The summed E-state index contributed by atoms with van der Waals surface area (Å²) >= 11 is 0. The van der Waals surface area contributed by atoms with E-state index in [2.05, 4.69) is 10.7 Å². The van der Waals surface area contributed by atoms with E-state index in [-0.39, 0.29) is 6.54 Å². The van der Waals surface area contributed by atoms with E-state index in [0.717, 1.165) is 0 Å². The van der Waals surface area contributed by atoms with Gasteiger partial charge in [-0.2, -0.15) is 0 Å². The van der Waals surface area contributed by atoms with Crippen molar-refractivity contribution in [3.63, 3.8) is 0 Å². The first-order valence-electron chi connectivity index (χ1n) is 5.16. The van der Waals surface area contributed by atoms with Gasteiger partial charge in [0.2, 0.25) is 12.3 Å². The van der Waals surface area contributed by atoms with Crippen molar-refractivity contribution in [1.29, 1.82) is 0 Å². The molecule has 0 fully saturated rings. The Kier molecular flexibility index (Phi) is 5.17. The van der Waals surface area contributed by atoms with E-state index in [1.54, 1.807) is 30.3 Å². The summed E-state index contributed by atoms with van der Waals surface area (Å²) in [6.07, 6.45) is -0.892. The first kappa shape index (κ1) is 13.5. The second-order valence-electron chi connectivity index (χ2n) is 3.40. The maximum Gasteiger partial charge on any atom is 0.404 e. The number of amides is 3. The molecule has 0 radical (unpaired) electrons. The molecule has 7 nitrogen and oxygen atoms in total. The van der Waals surface area contributed by atoms with Crippen molar-refractivity contribution in [2.45, 2.75) is 5.92 Å². The molecule has 3 amide bonds. The van der Waals surface area contributed by atoms with Crippen molar-refractivity contribution < 1.29 is 19.5 Å². The average molecular weight is 251 g/mol. The predicted octanol–water partition coefficient (Wildman–Crippen LogP) is -0.185. The summed E-state index contributed by atoms with van der Waals surface area (Å²) in [5.74, 6) is -1.21. The lowest BCUT2D eigenvalue weighted by molar-refractivity contribution is -0.125. The predicted molar refractivity (Wildman–Crippen MR) is 62.6 cm³/mol. The van der Waals surface area contributed by atoms with Gasteiger partial charge in [0.1, 0.15) is 0 Å². The Bertz CT molecular complexity index is 422. The molecule has 1 rings (SSSR count). The minimum Gasteiger partial charge on any atom is -0.465 e. The maximum absolute atomic E-state index is 11.7. The van der Waals surface area contributed by atoms with Crippen LogP contribution in [0.25, 0.3) is 0 Å². The number of rotatable bonds is 6. The van der Waals surface area contributed by atoms with Gasteiger partial charge < -0.3 is 10.4 Å². The number of nitrogens with one attached hydrogen (secondary N) is 3. The molecule has 1 unspecified atom stereocenters. The van der Waals surface area contributed by atoms with E-state index in [1.807, 2.05) is 5.43 Å². The van der Waals surface area contributed by atoms with E-state index >= 15 is 0 Å². The van der Waals surface area contributed by atoms with Gasteiger partial charge in [0.05, 0.1) is 5.92 Å². The molecule has 0 aliphatic rings. The van der Waals surface area contributed by atoms with Gasteiger partial charge in [-0.05, 0) is 5.56 Å². The molecule has 0 saturated heterocycles. The molecule has 0 bridgehead atoms. The largest absolute Gasteiger partial charge is 0.465 e. The topological polar surface area (TPSA) is 108 Å². The van der Waals surface area contributed by atoms with Crippen LogP contribution in [0.1, 0.15) is 11.5 Å². The zero-order chi connectivity index (χ0) is 13.4. The molecular formula is C11H13N3O4. The van der Waals surface area contributed by atoms with Gasteiger partial charge in [-0.3, -0.25) is 20.4 Å². The highest BCUT2D eigenvalue weighted by Crippen LogP contribution is 2.14. The first-order valence-corrected chi connectivity index (χ1v) is 5.16. The summed E-state index contributed by atoms with van der Waals surface area (Å²) in [4.78, 5) is 32.3. The molecule has 0 spiro atoms. The standard InChI is InChI=1S/C11H13N3O4/c15-7-13-14-10(16)9(6-12-11(17)18)8-4-2-1-3-5-8/h1-5,7,9,12H,6H2,(H,13,15)(H,14,16)(H,17,18). The Morgan fingerprint density at radius 2 is 1.94 bits per heavy atom. The maximum atomic E-state index is 11.7. The molecule has 0 saturated carbocycles. The molecule has 4 N–H and O–H groups in total. The van der Waals surface area contributed by atoms with Crippen molar-refractivity contribution >= 4 is 18.4 Å². The molecule has 1 atom stereocenters. The van der Waals surface area contributed by atoms with Gasteiger partial charge in [-0.25, -0.2) is 4.79 Å². The fourth-order valence-electron chi connectivity index (χ4n) is 1.42. The summed E-state index contributed by atoms with van der Waals surface area (Å²) in [6, 6.07) is 8.67. The van der Waals surface area contributed by atoms with Crippen LogP contribution in [0.4, 0.5) is 4.79 Å². The molecule has 1 aromatic rings. The number of hydrazine groups is 1. The monoisotopic (exact) mass is 251 g/mol. The second-order valence-corrected chi connectivity index (χ2v) is 3.40. The Morgan fingerprint density at radius 3 is 2.50 bits per heavy atom. The number of hydrogen-bond acceptors (Lipinski definition) is 3. The van der Waals surface area contributed by atoms with Gasteiger partial charge >= 0.3 is 6.09 Å². The van der Waals surface area contributed by atoms with Gasteiger partial charge in [-0.15, -0.1) is 0 Å². The number of carbonyl (C=O) groups is 3. The lowest BCUT2D eigenvalue weighted by Crippen LogP contribution is -2.43. The lowest BCUT2D eigenvalue weighted by Gasteiger charge is -2.16. The van der Waals surface area contributed by atoms with E-state index < -0.39 is 17.9 Å². The smallest absolute Gasteiger partial charge is 0.404 e. The molecule has 0 aliphatic carbocycles. The Hall–Kier alpha value is -2.57. The fourth-order valence-corrected chi connectivity index (χ4v) is 1.42. The molecule has 0 heterocycles. The molecule has 1 aromatic carbocycles. The molecular weight excluding hydrogens is 238 g/mol. The van der Waals surface area contributed by atoms with Crippen molar-refractivity contribution in [1.82, 2.24) is 16.2 Å². The van der Waals surface area contributed by atoms with Crippen LogP contribution in [0, 0.1) is 0 Å². The highest BCUT2D eigenvalue weighted by molar-refractivity contribution is 5.84. The Balaban J connectivity index is 2.77. The SMILES string of the molecule is O=CNNC(=O)C(CNC(=O)O)c1ccccc1. The summed E-state index contributed by atoms with van der Waals surface area (Å²) in [7, 11) is 0. The van der Waals surface area contributed by atoms with Gasteiger partial charge in [0.15, 0.2) is 0 Å². The van der Waals surface area contributed by atoms with E-state index in [1.165, 1.54) is 0 Å². The van der Waals surface area contributed by atoms with Crippen LogP contribution in [-0.2, 0) is 9.59 Å². The van der Waals surface area contributed by atoms with Crippen LogP contribution < -0.4 is 16.2 Å². The Morgan fingerprint density at radius 1 is 1.28 bits per heavy atom. The fraction of sp³-hybridized carbons (Fsp3) is 0.182. The van der Waals surface area contributed by atoms with E-state index in [9.17, 15) is 14.4 Å².